The second-order valence-corrected chi connectivity index (χ2v) is 9.81. The Morgan fingerprint density at radius 2 is 1.79 bits per heavy atom. The molecule has 0 saturated heterocycles. The van der Waals surface area contributed by atoms with Crippen molar-refractivity contribution in [2.45, 2.75) is 62.5 Å². The van der Waals surface area contributed by atoms with Crippen LogP contribution < -0.4 is 9.46 Å². The van der Waals surface area contributed by atoms with E-state index in [2.05, 4.69) is 0 Å². The van der Waals surface area contributed by atoms with Crippen LogP contribution in [0.15, 0.2) is 12.1 Å². The maximum atomic E-state index is 13.6. The number of aromatic carboxylic acids is 1. The fourth-order valence-corrected chi connectivity index (χ4v) is 4.45. The molecule has 160 valence electrons. The third-order valence-corrected chi connectivity index (χ3v) is 7.47. The lowest BCUT2D eigenvalue weighted by atomic mass is 10.0. The summed E-state index contributed by atoms with van der Waals surface area (Å²) >= 11 is 0. The number of carbonyl (C=O) groups excluding carboxylic acids is 1. The van der Waals surface area contributed by atoms with Crippen LogP contribution in [-0.4, -0.2) is 36.3 Å². The van der Waals surface area contributed by atoms with E-state index in [-0.39, 0.29) is 12.8 Å². The Balaban J connectivity index is 2.10. The Morgan fingerprint density at radius 1 is 1.21 bits per heavy atom. The van der Waals surface area contributed by atoms with Gasteiger partial charge in [0.1, 0.15) is 5.75 Å². The highest BCUT2D eigenvalue weighted by Crippen LogP contribution is 2.43. The molecule has 0 aliphatic heterocycles. The van der Waals surface area contributed by atoms with Crippen LogP contribution in [0.2, 0.25) is 0 Å². The van der Waals surface area contributed by atoms with E-state index >= 15 is 0 Å². The third-order valence-electron chi connectivity index (χ3n) is 5.31. The van der Waals surface area contributed by atoms with Gasteiger partial charge in [0, 0.05) is 0 Å². The zero-order chi connectivity index (χ0) is 21.6. The van der Waals surface area contributed by atoms with Crippen molar-refractivity contribution in [2.24, 2.45) is 0 Å². The van der Waals surface area contributed by atoms with Gasteiger partial charge >= 0.3 is 12.1 Å². The van der Waals surface area contributed by atoms with E-state index in [0.29, 0.717) is 18.9 Å². The molecule has 0 spiro atoms. The molecule has 2 aliphatic carbocycles. The number of carboxylic acid groups (broad SMARTS) is 1. The molecular formula is C18H20F3NO6S. The van der Waals surface area contributed by atoms with Crippen LogP contribution in [0.4, 0.5) is 13.2 Å². The Bertz CT molecular complexity index is 947. The first-order valence-electron chi connectivity index (χ1n) is 9.06. The molecule has 1 aromatic rings. The van der Waals surface area contributed by atoms with Crippen molar-refractivity contribution in [1.29, 1.82) is 0 Å². The minimum atomic E-state index is -5.10. The number of hydrogen-bond donors (Lipinski definition) is 2. The van der Waals surface area contributed by atoms with Gasteiger partial charge < -0.3 is 9.84 Å². The van der Waals surface area contributed by atoms with E-state index in [0.717, 1.165) is 18.9 Å². The molecule has 2 fully saturated rings. The monoisotopic (exact) mass is 435 g/mol. The van der Waals surface area contributed by atoms with Crippen molar-refractivity contribution >= 4 is 21.9 Å². The van der Waals surface area contributed by atoms with E-state index < -0.39 is 61.4 Å². The smallest absolute Gasteiger partial charge is 0.417 e. The molecule has 3 rings (SSSR count). The molecule has 0 unspecified atom stereocenters. The van der Waals surface area contributed by atoms with Crippen molar-refractivity contribution in [2.75, 3.05) is 0 Å². The summed E-state index contributed by atoms with van der Waals surface area (Å²) in [5, 5.41) is 9.17. The Morgan fingerprint density at radius 3 is 2.28 bits per heavy atom. The summed E-state index contributed by atoms with van der Waals surface area (Å²) in [7, 11) is -4.21. The van der Waals surface area contributed by atoms with Gasteiger partial charge in [-0.25, -0.2) is 17.9 Å². The summed E-state index contributed by atoms with van der Waals surface area (Å²) in [5.74, 6) is -3.70. The van der Waals surface area contributed by atoms with Gasteiger partial charge in [-0.05, 0) is 57.6 Å². The topological polar surface area (TPSA) is 110 Å². The largest absolute Gasteiger partial charge is 0.490 e. The van der Waals surface area contributed by atoms with E-state index in [9.17, 15) is 36.3 Å². The second kappa shape index (κ2) is 7.19. The van der Waals surface area contributed by atoms with Gasteiger partial charge in [-0.3, -0.25) is 4.79 Å². The Hall–Kier alpha value is -2.30. The molecule has 0 bridgehead atoms. The van der Waals surface area contributed by atoms with E-state index in [1.165, 1.54) is 6.92 Å². The average Bonchev–Trinajstić information content (AvgIpc) is 3.15. The number of nitrogens with one attached hydrogen (secondary N) is 1. The van der Waals surface area contributed by atoms with Gasteiger partial charge in [0.15, 0.2) is 0 Å². The summed E-state index contributed by atoms with van der Waals surface area (Å²) in [6, 6.07) is 1.14. The number of alkyl halides is 3. The van der Waals surface area contributed by atoms with Crippen molar-refractivity contribution in [3.8, 4) is 5.75 Å². The lowest BCUT2D eigenvalue weighted by Gasteiger charge is -2.21. The first kappa shape index (κ1) is 21.4. The van der Waals surface area contributed by atoms with E-state index in [1.807, 2.05) is 0 Å². The van der Waals surface area contributed by atoms with Gasteiger partial charge in [0.2, 0.25) is 10.0 Å². The summed E-state index contributed by atoms with van der Waals surface area (Å²) in [5.41, 5.74) is -3.29. The highest BCUT2D eigenvalue weighted by molar-refractivity contribution is 7.91. The molecule has 11 heteroatoms. The SMILES string of the molecule is CC1(S(=O)(=O)NC(=O)c2c(OC3CCCC3)cc(C(=O)O)cc2C(F)(F)F)CC1. The number of carbonyl (C=O) groups is 2. The van der Waals surface area contributed by atoms with Crippen molar-refractivity contribution < 1.29 is 41.0 Å². The van der Waals surface area contributed by atoms with Crippen LogP contribution in [0.1, 0.15) is 71.7 Å². The van der Waals surface area contributed by atoms with Crippen LogP contribution >= 0.6 is 0 Å². The minimum Gasteiger partial charge on any atom is -0.490 e. The van der Waals surface area contributed by atoms with Crippen molar-refractivity contribution in [1.82, 2.24) is 4.72 Å². The van der Waals surface area contributed by atoms with Crippen LogP contribution in [0, 0.1) is 0 Å². The number of sulfonamides is 1. The number of benzene rings is 1. The predicted octanol–water partition coefficient (Wildman–Crippen LogP) is 3.34. The number of halogens is 3. The molecule has 0 heterocycles. The molecule has 2 N–H and O–H groups in total. The first-order valence-corrected chi connectivity index (χ1v) is 10.5. The zero-order valence-electron chi connectivity index (χ0n) is 15.5. The first-order chi connectivity index (χ1) is 13.3. The van der Waals surface area contributed by atoms with Gasteiger partial charge in [-0.1, -0.05) is 0 Å². The predicted molar refractivity (Wildman–Crippen MR) is 95.3 cm³/mol. The lowest BCUT2D eigenvalue weighted by molar-refractivity contribution is -0.138. The fourth-order valence-electron chi connectivity index (χ4n) is 3.22. The molecular weight excluding hydrogens is 415 g/mol. The highest BCUT2D eigenvalue weighted by atomic mass is 32.2. The van der Waals surface area contributed by atoms with Crippen molar-refractivity contribution in [3.05, 3.63) is 28.8 Å². The molecule has 0 atom stereocenters. The van der Waals surface area contributed by atoms with Gasteiger partial charge in [-0.15, -0.1) is 0 Å². The second-order valence-electron chi connectivity index (χ2n) is 7.61. The molecule has 0 aromatic heterocycles. The summed E-state index contributed by atoms with van der Waals surface area (Å²) in [6.07, 6.45) is -2.38. The zero-order valence-corrected chi connectivity index (χ0v) is 16.3. The van der Waals surface area contributed by atoms with Crippen LogP contribution in [0.3, 0.4) is 0 Å². The van der Waals surface area contributed by atoms with Gasteiger partial charge in [0.25, 0.3) is 5.91 Å². The molecule has 2 saturated carbocycles. The maximum Gasteiger partial charge on any atom is 0.417 e. The van der Waals surface area contributed by atoms with Crippen LogP contribution in [-0.2, 0) is 16.2 Å². The van der Waals surface area contributed by atoms with E-state index in [1.54, 1.807) is 4.72 Å². The number of carboxylic acids is 1. The Labute approximate surface area is 165 Å². The number of ether oxygens (including phenoxy) is 1. The standard InChI is InChI=1S/C18H20F3NO6S/c1-17(6-7-17)29(26,27)22-15(23)14-12(18(19,20)21)8-10(16(24)25)9-13(14)28-11-4-2-3-5-11/h8-9,11H,2-7H2,1H3,(H,22,23)(H,24,25). The fraction of sp³-hybridized carbons (Fsp3) is 0.556. The molecule has 29 heavy (non-hydrogen) atoms. The maximum absolute atomic E-state index is 13.6. The molecule has 0 radical (unpaired) electrons. The molecule has 2 aliphatic rings. The highest BCUT2D eigenvalue weighted by Gasteiger charge is 2.51. The normalized spacial score (nSPS) is 19.0. The molecule has 7 nitrogen and oxygen atoms in total. The molecule has 1 amide bonds. The summed E-state index contributed by atoms with van der Waals surface area (Å²) in [6.45, 7) is 1.39. The van der Waals surface area contributed by atoms with Gasteiger partial charge in [0.05, 0.1) is 27.5 Å². The lowest BCUT2D eigenvalue weighted by Crippen LogP contribution is -2.39. The number of amides is 1. The number of rotatable bonds is 6. The van der Waals surface area contributed by atoms with E-state index in [4.69, 9.17) is 4.74 Å². The van der Waals surface area contributed by atoms with Crippen molar-refractivity contribution in [3.63, 3.8) is 0 Å². The average molecular weight is 435 g/mol. The van der Waals surface area contributed by atoms with Gasteiger partial charge in [-0.2, -0.15) is 13.2 Å². The summed E-state index contributed by atoms with van der Waals surface area (Å²) < 4.78 is 71.7. The quantitative estimate of drug-likeness (QED) is 0.709. The Kier molecular flexibility index (Phi) is 5.31. The summed E-state index contributed by atoms with van der Waals surface area (Å²) in [4.78, 5) is 24.0. The van der Waals surface area contributed by atoms with Crippen LogP contribution in [0.25, 0.3) is 0 Å². The van der Waals surface area contributed by atoms with Crippen LogP contribution in [0.5, 0.6) is 5.75 Å². The third kappa shape index (κ3) is 4.34. The number of hydrogen-bond acceptors (Lipinski definition) is 5. The molecule has 1 aromatic carbocycles. The minimum absolute atomic E-state index is 0.283.